The van der Waals surface area contributed by atoms with Gasteiger partial charge in [-0.25, -0.2) is 0 Å². The number of methoxy groups -OCH3 is 4. The van der Waals surface area contributed by atoms with E-state index in [1.54, 1.807) is 28.4 Å². The molecule has 0 bridgehead atoms. The Bertz CT molecular complexity index is 1250. The van der Waals surface area contributed by atoms with Crippen molar-refractivity contribution >= 4 is 28.0 Å². The molecule has 0 saturated carbocycles. The number of anilines is 2. The van der Waals surface area contributed by atoms with Gasteiger partial charge in [0.25, 0.3) is 0 Å². The van der Waals surface area contributed by atoms with Gasteiger partial charge in [0.15, 0.2) is 11.5 Å². The molecule has 0 aliphatic heterocycles. The molecule has 4 aromatic rings. The molecule has 0 spiro atoms. The minimum absolute atomic E-state index is 0.552. The third-order valence-corrected chi connectivity index (χ3v) is 5.36. The Kier molecular flexibility index (Phi) is 5.94. The van der Waals surface area contributed by atoms with Gasteiger partial charge in [-0.15, -0.1) is 0 Å². The number of aromatic nitrogens is 1. The standard InChI is InChI=1S/C26H26N2O4/c1-17(19-15-24(30-3)26(32-5)25(16-19)31-4)28-13-12-18-14-20(10-11-22(18)28)27-21-8-6-7-9-23(21)29-2/h6-16,27H,1H2,2-5H3. The van der Waals surface area contributed by atoms with E-state index >= 15 is 0 Å². The number of rotatable bonds is 8. The summed E-state index contributed by atoms with van der Waals surface area (Å²) in [5.74, 6) is 2.52. The second-order valence-corrected chi connectivity index (χ2v) is 7.15. The highest BCUT2D eigenvalue weighted by Crippen LogP contribution is 2.40. The normalized spacial score (nSPS) is 10.6. The van der Waals surface area contributed by atoms with E-state index in [0.29, 0.717) is 17.2 Å². The molecule has 0 aliphatic carbocycles. The number of nitrogens with one attached hydrogen (secondary N) is 1. The molecule has 164 valence electrons. The lowest BCUT2D eigenvalue weighted by atomic mass is 10.1. The average Bonchev–Trinajstić information content (AvgIpc) is 3.26. The Hall–Kier alpha value is -4.06. The van der Waals surface area contributed by atoms with Crippen LogP contribution in [-0.2, 0) is 0 Å². The van der Waals surface area contributed by atoms with Gasteiger partial charge >= 0.3 is 0 Å². The van der Waals surface area contributed by atoms with Gasteiger partial charge in [0.05, 0.1) is 39.6 Å². The van der Waals surface area contributed by atoms with Crippen molar-refractivity contribution in [1.29, 1.82) is 0 Å². The van der Waals surface area contributed by atoms with Crippen LogP contribution in [0.4, 0.5) is 11.4 Å². The van der Waals surface area contributed by atoms with Crippen molar-refractivity contribution in [2.75, 3.05) is 33.8 Å². The number of ether oxygens (including phenoxy) is 4. The van der Waals surface area contributed by atoms with Gasteiger partial charge in [-0.1, -0.05) is 18.7 Å². The molecule has 6 nitrogen and oxygen atoms in total. The molecule has 0 atom stereocenters. The largest absolute Gasteiger partial charge is 0.495 e. The van der Waals surface area contributed by atoms with Gasteiger partial charge in [-0.3, -0.25) is 0 Å². The second kappa shape index (κ2) is 8.98. The van der Waals surface area contributed by atoms with E-state index in [4.69, 9.17) is 18.9 Å². The Balaban J connectivity index is 1.68. The van der Waals surface area contributed by atoms with E-state index in [1.165, 1.54) is 0 Å². The molecule has 1 N–H and O–H groups in total. The minimum atomic E-state index is 0.552. The molecule has 4 rings (SSSR count). The molecule has 0 aliphatic rings. The van der Waals surface area contributed by atoms with Crippen LogP contribution >= 0.6 is 0 Å². The highest BCUT2D eigenvalue weighted by atomic mass is 16.5. The van der Waals surface area contributed by atoms with Gasteiger partial charge in [0.1, 0.15) is 5.75 Å². The number of hydrogen-bond donors (Lipinski definition) is 1. The van der Waals surface area contributed by atoms with Gasteiger partial charge in [-0.2, -0.15) is 0 Å². The zero-order chi connectivity index (χ0) is 22.7. The van der Waals surface area contributed by atoms with Crippen molar-refractivity contribution in [3.05, 3.63) is 79.0 Å². The lowest BCUT2D eigenvalue weighted by molar-refractivity contribution is 0.324. The van der Waals surface area contributed by atoms with E-state index in [9.17, 15) is 0 Å². The summed E-state index contributed by atoms with van der Waals surface area (Å²) >= 11 is 0. The highest BCUT2D eigenvalue weighted by Gasteiger charge is 2.16. The van der Waals surface area contributed by atoms with E-state index < -0.39 is 0 Å². The van der Waals surface area contributed by atoms with Crippen LogP contribution in [0.25, 0.3) is 16.6 Å². The Morgan fingerprint density at radius 1 is 0.781 bits per heavy atom. The summed E-state index contributed by atoms with van der Waals surface area (Å²) in [6, 6.07) is 19.9. The molecule has 1 heterocycles. The van der Waals surface area contributed by atoms with Crippen molar-refractivity contribution in [1.82, 2.24) is 4.57 Å². The van der Waals surface area contributed by atoms with Crippen LogP contribution in [0.15, 0.2) is 73.4 Å². The Morgan fingerprint density at radius 2 is 1.47 bits per heavy atom. The first-order chi connectivity index (χ1) is 15.6. The van der Waals surface area contributed by atoms with Crippen LogP contribution in [0.5, 0.6) is 23.0 Å². The van der Waals surface area contributed by atoms with Crippen molar-refractivity contribution in [2.24, 2.45) is 0 Å². The van der Waals surface area contributed by atoms with Crippen molar-refractivity contribution < 1.29 is 18.9 Å². The van der Waals surface area contributed by atoms with Crippen LogP contribution in [-0.4, -0.2) is 33.0 Å². The minimum Gasteiger partial charge on any atom is -0.495 e. The molecule has 0 unspecified atom stereocenters. The first-order valence-electron chi connectivity index (χ1n) is 10.1. The fraction of sp³-hybridized carbons (Fsp3) is 0.154. The summed E-state index contributed by atoms with van der Waals surface area (Å²) in [6.45, 7) is 4.32. The van der Waals surface area contributed by atoms with Crippen LogP contribution in [0.1, 0.15) is 5.56 Å². The van der Waals surface area contributed by atoms with Crippen molar-refractivity contribution in [2.45, 2.75) is 0 Å². The van der Waals surface area contributed by atoms with Crippen LogP contribution in [0.3, 0.4) is 0 Å². The smallest absolute Gasteiger partial charge is 0.203 e. The van der Waals surface area contributed by atoms with Gasteiger partial charge in [0.2, 0.25) is 5.75 Å². The van der Waals surface area contributed by atoms with Crippen molar-refractivity contribution in [3.8, 4) is 23.0 Å². The van der Waals surface area contributed by atoms with Gasteiger partial charge in [-0.05, 0) is 48.5 Å². The van der Waals surface area contributed by atoms with Gasteiger partial charge < -0.3 is 28.8 Å². The zero-order valence-corrected chi connectivity index (χ0v) is 18.6. The van der Waals surface area contributed by atoms with Crippen molar-refractivity contribution in [3.63, 3.8) is 0 Å². The second-order valence-electron chi connectivity index (χ2n) is 7.15. The fourth-order valence-corrected chi connectivity index (χ4v) is 3.75. The summed E-state index contributed by atoms with van der Waals surface area (Å²) in [7, 11) is 6.46. The summed E-state index contributed by atoms with van der Waals surface area (Å²) in [5.41, 5.74) is 4.58. The summed E-state index contributed by atoms with van der Waals surface area (Å²) < 4.78 is 23.9. The lowest BCUT2D eigenvalue weighted by Crippen LogP contribution is -2.00. The number of hydrogen-bond acceptors (Lipinski definition) is 5. The van der Waals surface area contributed by atoms with Gasteiger partial charge in [0, 0.05) is 28.5 Å². The first kappa shape index (κ1) is 21.2. The quantitative estimate of drug-likeness (QED) is 0.375. The number of fused-ring (bicyclic) bond motifs is 1. The zero-order valence-electron chi connectivity index (χ0n) is 18.6. The third-order valence-electron chi connectivity index (χ3n) is 5.36. The summed E-state index contributed by atoms with van der Waals surface area (Å²) in [4.78, 5) is 0. The van der Waals surface area contributed by atoms with E-state index in [0.717, 1.165) is 39.3 Å². The highest BCUT2D eigenvalue weighted by molar-refractivity contribution is 5.89. The SMILES string of the molecule is C=C(c1cc(OC)c(OC)c(OC)c1)n1ccc2cc(Nc3ccccc3OC)ccc21. The molecule has 1 aromatic heterocycles. The molecule has 0 radical (unpaired) electrons. The monoisotopic (exact) mass is 430 g/mol. The predicted octanol–water partition coefficient (Wildman–Crippen LogP) is 5.94. The maximum absolute atomic E-state index is 5.49. The van der Waals surface area contributed by atoms with Crippen LogP contribution in [0, 0.1) is 0 Å². The molecule has 32 heavy (non-hydrogen) atoms. The molecular formula is C26H26N2O4. The van der Waals surface area contributed by atoms with E-state index in [-0.39, 0.29) is 0 Å². The average molecular weight is 431 g/mol. The Morgan fingerprint density at radius 3 is 2.12 bits per heavy atom. The summed E-state index contributed by atoms with van der Waals surface area (Å²) in [5, 5.41) is 4.51. The van der Waals surface area contributed by atoms with Crippen LogP contribution < -0.4 is 24.3 Å². The number of para-hydroxylation sites is 2. The lowest BCUT2D eigenvalue weighted by Gasteiger charge is -2.16. The fourth-order valence-electron chi connectivity index (χ4n) is 3.75. The topological polar surface area (TPSA) is 53.9 Å². The maximum Gasteiger partial charge on any atom is 0.203 e. The molecule has 0 saturated heterocycles. The molecular weight excluding hydrogens is 404 g/mol. The van der Waals surface area contributed by atoms with E-state index in [2.05, 4.69) is 30.1 Å². The maximum atomic E-state index is 5.49. The molecule has 0 amide bonds. The number of nitrogens with zero attached hydrogens (tertiary/aromatic N) is 1. The van der Waals surface area contributed by atoms with E-state index in [1.807, 2.05) is 53.2 Å². The first-order valence-corrected chi connectivity index (χ1v) is 10.1. The predicted molar refractivity (Wildman–Crippen MR) is 129 cm³/mol. The Labute approximate surface area is 187 Å². The third kappa shape index (κ3) is 3.83. The number of benzene rings is 3. The van der Waals surface area contributed by atoms with Crippen LogP contribution in [0.2, 0.25) is 0 Å². The molecule has 3 aromatic carbocycles. The molecule has 6 heteroatoms. The molecule has 0 fully saturated rings. The summed E-state index contributed by atoms with van der Waals surface area (Å²) in [6.07, 6.45) is 2.00.